The molecule has 4 atom stereocenters. The van der Waals surface area contributed by atoms with E-state index in [1.165, 1.54) is 6.42 Å². The second kappa shape index (κ2) is 6.92. The molecule has 1 rings (SSSR count). The first kappa shape index (κ1) is 16.0. The molecule has 0 aromatic carbocycles. The minimum atomic E-state index is -0.944. The maximum atomic E-state index is 12.4. The summed E-state index contributed by atoms with van der Waals surface area (Å²) in [6, 6.07) is -0.752. The molecule has 0 aromatic heterocycles. The van der Waals surface area contributed by atoms with E-state index >= 15 is 0 Å². The SMILES string of the molecule is CCC(NC(=O)C1CC(C)CCC1C(C)C)C(=O)O. The summed E-state index contributed by atoms with van der Waals surface area (Å²) in [4.78, 5) is 23.4. The second-order valence-electron chi connectivity index (χ2n) is 6.24. The van der Waals surface area contributed by atoms with Crippen LogP contribution in [0.1, 0.15) is 53.4 Å². The molecule has 110 valence electrons. The van der Waals surface area contributed by atoms with Gasteiger partial charge in [-0.15, -0.1) is 0 Å². The third kappa shape index (κ3) is 4.22. The molecule has 1 aliphatic carbocycles. The average Bonchev–Trinajstić information content (AvgIpc) is 2.34. The third-order valence-electron chi connectivity index (χ3n) is 4.38. The number of rotatable bonds is 5. The number of carbonyl (C=O) groups excluding carboxylic acids is 1. The minimum absolute atomic E-state index is 0.0304. The molecule has 19 heavy (non-hydrogen) atoms. The van der Waals surface area contributed by atoms with E-state index < -0.39 is 12.0 Å². The molecule has 2 N–H and O–H groups in total. The highest BCUT2D eigenvalue weighted by Crippen LogP contribution is 2.38. The van der Waals surface area contributed by atoms with Crippen molar-refractivity contribution in [3.05, 3.63) is 0 Å². The van der Waals surface area contributed by atoms with Gasteiger partial charge in [0.05, 0.1) is 0 Å². The van der Waals surface area contributed by atoms with Crippen molar-refractivity contribution in [1.82, 2.24) is 5.32 Å². The van der Waals surface area contributed by atoms with E-state index in [9.17, 15) is 9.59 Å². The Hall–Kier alpha value is -1.06. The number of amides is 1. The Labute approximate surface area is 116 Å². The molecule has 0 radical (unpaired) electrons. The van der Waals surface area contributed by atoms with Gasteiger partial charge in [0.1, 0.15) is 6.04 Å². The average molecular weight is 269 g/mol. The number of hydrogen-bond acceptors (Lipinski definition) is 2. The standard InChI is InChI=1S/C15H27NO3/c1-5-13(15(18)19)16-14(17)12-8-10(4)6-7-11(12)9(2)3/h9-13H,5-8H2,1-4H3,(H,16,17)(H,18,19). The molecule has 4 heteroatoms. The van der Waals surface area contributed by atoms with Crippen molar-refractivity contribution < 1.29 is 14.7 Å². The zero-order valence-corrected chi connectivity index (χ0v) is 12.5. The van der Waals surface area contributed by atoms with Crippen molar-refractivity contribution >= 4 is 11.9 Å². The first-order chi connectivity index (χ1) is 8.86. The van der Waals surface area contributed by atoms with Crippen molar-refractivity contribution in [2.45, 2.75) is 59.4 Å². The summed E-state index contributed by atoms with van der Waals surface area (Å²) in [7, 11) is 0. The van der Waals surface area contributed by atoms with Crippen LogP contribution < -0.4 is 5.32 Å². The largest absolute Gasteiger partial charge is 0.480 e. The Bertz CT molecular complexity index is 327. The lowest BCUT2D eigenvalue weighted by Gasteiger charge is -2.36. The maximum Gasteiger partial charge on any atom is 0.326 e. The van der Waals surface area contributed by atoms with E-state index in [2.05, 4.69) is 26.1 Å². The zero-order valence-electron chi connectivity index (χ0n) is 12.5. The van der Waals surface area contributed by atoms with Gasteiger partial charge in [0, 0.05) is 5.92 Å². The van der Waals surface area contributed by atoms with Gasteiger partial charge in [-0.2, -0.15) is 0 Å². The number of nitrogens with one attached hydrogen (secondary N) is 1. The molecule has 1 fully saturated rings. The van der Waals surface area contributed by atoms with Crippen LogP contribution in [0, 0.1) is 23.7 Å². The molecule has 1 aliphatic rings. The highest BCUT2D eigenvalue weighted by molar-refractivity contribution is 5.85. The predicted molar refractivity (Wildman–Crippen MR) is 74.7 cm³/mol. The van der Waals surface area contributed by atoms with Gasteiger partial charge in [0.15, 0.2) is 0 Å². The number of aliphatic carboxylic acids is 1. The number of hydrogen-bond donors (Lipinski definition) is 2. The molecule has 0 saturated heterocycles. The van der Waals surface area contributed by atoms with Crippen LogP contribution in [0.2, 0.25) is 0 Å². The van der Waals surface area contributed by atoms with Crippen LogP contribution in [0.3, 0.4) is 0 Å². The Balaban J connectivity index is 2.73. The summed E-state index contributed by atoms with van der Waals surface area (Å²) in [5.41, 5.74) is 0. The van der Waals surface area contributed by atoms with Gasteiger partial charge in [-0.3, -0.25) is 4.79 Å². The molecular weight excluding hydrogens is 242 g/mol. The van der Waals surface area contributed by atoms with Gasteiger partial charge in [-0.05, 0) is 37.0 Å². The molecule has 1 amide bonds. The lowest BCUT2D eigenvalue weighted by molar-refractivity contribution is -0.143. The summed E-state index contributed by atoms with van der Waals surface area (Å²) in [5, 5.41) is 11.7. The fourth-order valence-corrected chi connectivity index (χ4v) is 3.12. The fourth-order valence-electron chi connectivity index (χ4n) is 3.12. The summed E-state index contributed by atoms with van der Waals surface area (Å²) >= 11 is 0. The molecule has 0 bridgehead atoms. The monoisotopic (exact) mass is 269 g/mol. The molecule has 4 nitrogen and oxygen atoms in total. The first-order valence-corrected chi connectivity index (χ1v) is 7.39. The summed E-state index contributed by atoms with van der Waals surface area (Å²) < 4.78 is 0. The second-order valence-corrected chi connectivity index (χ2v) is 6.24. The topological polar surface area (TPSA) is 66.4 Å². The van der Waals surface area contributed by atoms with Crippen molar-refractivity contribution in [3.63, 3.8) is 0 Å². The minimum Gasteiger partial charge on any atom is -0.480 e. The molecule has 0 aliphatic heterocycles. The Morgan fingerprint density at radius 2 is 1.95 bits per heavy atom. The summed E-state index contributed by atoms with van der Waals surface area (Å²) in [5.74, 6) is 0.351. The van der Waals surface area contributed by atoms with E-state index in [0.717, 1.165) is 12.8 Å². The van der Waals surface area contributed by atoms with Crippen molar-refractivity contribution in [2.75, 3.05) is 0 Å². The van der Waals surface area contributed by atoms with E-state index in [1.54, 1.807) is 6.92 Å². The molecule has 0 heterocycles. The van der Waals surface area contributed by atoms with Crippen LogP contribution in [-0.4, -0.2) is 23.0 Å². The van der Waals surface area contributed by atoms with Crippen molar-refractivity contribution in [3.8, 4) is 0 Å². The maximum absolute atomic E-state index is 12.4. The summed E-state index contributed by atoms with van der Waals surface area (Å²) in [6.07, 6.45) is 3.55. The third-order valence-corrected chi connectivity index (χ3v) is 4.38. The quantitative estimate of drug-likeness (QED) is 0.806. The van der Waals surface area contributed by atoms with Gasteiger partial charge in [0.25, 0.3) is 0 Å². The van der Waals surface area contributed by atoms with Crippen LogP contribution in [-0.2, 0) is 9.59 Å². The van der Waals surface area contributed by atoms with Crippen LogP contribution in [0.5, 0.6) is 0 Å². The predicted octanol–water partition coefficient (Wildman–Crippen LogP) is 2.67. The number of carbonyl (C=O) groups is 2. The van der Waals surface area contributed by atoms with Gasteiger partial charge < -0.3 is 10.4 Å². The van der Waals surface area contributed by atoms with Crippen LogP contribution in [0.25, 0.3) is 0 Å². The normalized spacial score (nSPS) is 29.0. The smallest absolute Gasteiger partial charge is 0.326 e. The van der Waals surface area contributed by atoms with Gasteiger partial charge in [-0.25, -0.2) is 4.79 Å². The lowest BCUT2D eigenvalue weighted by Crippen LogP contribution is -2.47. The Kier molecular flexibility index (Phi) is 5.83. The van der Waals surface area contributed by atoms with Crippen LogP contribution in [0.15, 0.2) is 0 Å². The van der Waals surface area contributed by atoms with E-state index in [-0.39, 0.29) is 11.8 Å². The highest BCUT2D eigenvalue weighted by Gasteiger charge is 2.36. The van der Waals surface area contributed by atoms with Gasteiger partial charge >= 0.3 is 5.97 Å². The van der Waals surface area contributed by atoms with Gasteiger partial charge in [-0.1, -0.05) is 34.1 Å². The summed E-state index contributed by atoms with van der Waals surface area (Å²) in [6.45, 7) is 8.25. The molecule has 0 aromatic rings. The Morgan fingerprint density at radius 1 is 1.32 bits per heavy atom. The van der Waals surface area contributed by atoms with Crippen molar-refractivity contribution in [2.24, 2.45) is 23.7 Å². The number of carboxylic acid groups (broad SMARTS) is 1. The van der Waals surface area contributed by atoms with E-state index in [4.69, 9.17) is 5.11 Å². The molecular formula is C15H27NO3. The number of carboxylic acids is 1. The first-order valence-electron chi connectivity index (χ1n) is 7.39. The molecule has 0 spiro atoms. The van der Waals surface area contributed by atoms with Crippen LogP contribution >= 0.6 is 0 Å². The zero-order chi connectivity index (χ0) is 14.6. The van der Waals surface area contributed by atoms with E-state index in [1.807, 2.05) is 0 Å². The van der Waals surface area contributed by atoms with Gasteiger partial charge in [0.2, 0.25) is 5.91 Å². The Morgan fingerprint density at radius 3 is 2.42 bits per heavy atom. The van der Waals surface area contributed by atoms with E-state index in [0.29, 0.717) is 24.2 Å². The highest BCUT2D eigenvalue weighted by atomic mass is 16.4. The lowest BCUT2D eigenvalue weighted by atomic mass is 9.69. The fraction of sp³-hybridized carbons (Fsp3) is 0.867. The molecule has 4 unspecified atom stereocenters. The molecule has 1 saturated carbocycles. The van der Waals surface area contributed by atoms with Crippen LogP contribution in [0.4, 0.5) is 0 Å². The van der Waals surface area contributed by atoms with Crippen molar-refractivity contribution in [1.29, 1.82) is 0 Å².